The van der Waals surface area contributed by atoms with Gasteiger partial charge in [0.05, 0.1) is 35.1 Å². The molecule has 1 saturated heterocycles. The maximum atomic E-state index is 13.2. The monoisotopic (exact) mass is 617 g/mol. The maximum absolute atomic E-state index is 13.2. The van der Waals surface area contributed by atoms with Crippen LogP contribution in [0, 0.1) is 5.92 Å². The van der Waals surface area contributed by atoms with Gasteiger partial charge in [-0.2, -0.15) is 5.10 Å². The Morgan fingerprint density at radius 1 is 1.23 bits per heavy atom. The first-order valence-electron chi connectivity index (χ1n) is 14.9. The summed E-state index contributed by atoms with van der Waals surface area (Å²) in [6.07, 6.45) is 17.4. The molecule has 2 unspecified atom stereocenters. The Bertz CT molecular complexity index is 1560. The first-order valence-corrected chi connectivity index (χ1v) is 16.0. The summed E-state index contributed by atoms with van der Waals surface area (Å²) >= 11 is 8.40. The molecule has 0 spiro atoms. The van der Waals surface area contributed by atoms with Gasteiger partial charge in [-0.1, -0.05) is 48.9 Å². The molecule has 8 nitrogen and oxygen atoms in total. The van der Waals surface area contributed by atoms with Gasteiger partial charge in [-0.05, 0) is 93.3 Å². The SMILES string of the molecule is C=C/C(=C\C=C(C)C)N1NC(C2CCCN(Sc3c(Cl)cccc3CC)CC2)C=C1NCC(=O)c1cnn2cccnc12. The first-order chi connectivity index (χ1) is 20.9. The van der Waals surface area contributed by atoms with Crippen LogP contribution in [0.5, 0.6) is 0 Å². The average molecular weight is 618 g/mol. The first kappa shape index (κ1) is 31.1. The highest BCUT2D eigenvalue weighted by Crippen LogP contribution is 2.36. The van der Waals surface area contributed by atoms with E-state index >= 15 is 0 Å². The Kier molecular flexibility index (Phi) is 10.4. The molecule has 2 aliphatic heterocycles. The summed E-state index contributed by atoms with van der Waals surface area (Å²) in [7, 11) is 0. The summed E-state index contributed by atoms with van der Waals surface area (Å²) in [6.45, 7) is 12.5. The minimum atomic E-state index is -0.0698. The van der Waals surface area contributed by atoms with Crippen LogP contribution in [0.15, 0.2) is 95.7 Å². The number of allylic oxidation sites excluding steroid dienone is 4. The van der Waals surface area contributed by atoms with E-state index in [1.807, 2.05) is 29.3 Å². The molecule has 4 heterocycles. The number of hydrazine groups is 1. The molecule has 5 rings (SSSR count). The van der Waals surface area contributed by atoms with Crippen molar-refractivity contribution in [3.8, 4) is 0 Å². The predicted octanol–water partition coefficient (Wildman–Crippen LogP) is 6.59. The maximum Gasteiger partial charge on any atom is 0.187 e. The van der Waals surface area contributed by atoms with E-state index in [1.54, 1.807) is 41.1 Å². The molecule has 43 heavy (non-hydrogen) atoms. The summed E-state index contributed by atoms with van der Waals surface area (Å²) in [5.74, 6) is 1.20. The van der Waals surface area contributed by atoms with E-state index in [0.29, 0.717) is 17.1 Å². The molecule has 2 aromatic heterocycles. The van der Waals surface area contributed by atoms with E-state index in [2.05, 4.69) is 70.7 Å². The molecule has 1 fully saturated rings. The lowest BCUT2D eigenvalue weighted by molar-refractivity contribution is 0.0992. The van der Waals surface area contributed by atoms with Gasteiger partial charge in [0.2, 0.25) is 0 Å². The van der Waals surface area contributed by atoms with Crippen molar-refractivity contribution in [3.63, 3.8) is 0 Å². The Hall–Kier alpha value is -3.37. The summed E-state index contributed by atoms with van der Waals surface area (Å²) in [5.41, 5.74) is 8.16. The molecular weight excluding hydrogens is 578 g/mol. The zero-order valence-electron chi connectivity index (χ0n) is 25.1. The quantitative estimate of drug-likeness (QED) is 0.142. The number of fused-ring (bicyclic) bond motifs is 1. The third kappa shape index (κ3) is 7.41. The van der Waals surface area contributed by atoms with Crippen LogP contribution in [-0.2, 0) is 6.42 Å². The van der Waals surface area contributed by atoms with Gasteiger partial charge >= 0.3 is 0 Å². The smallest absolute Gasteiger partial charge is 0.187 e. The Balaban J connectivity index is 1.31. The lowest BCUT2D eigenvalue weighted by Crippen LogP contribution is -2.42. The van der Waals surface area contributed by atoms with Crippen molar-refractivity contribution in [2.45, 2.75) is 57.4 Å². The minimum Gasteiger partial charge on any atom is -0.363 e. The van der Waals surface area contributed by atoms with Gasteiger partial charge in [-0.15, -0.1) is 0 Å². The van der Waals surface area contributed by atoms with Crippen molar-refractivity contribution in [2.24, 2.45) is 5.92 Å². The van der Waals surface area contributed by atoms with E-state index < -0.39 is 0 Å². The molecule has 2 atom stereocenters. The molecular formula is C33H40ClN7OS. The van der Waals surface area contributed by atoms with Crippen LogP contribution in [0.25, 0.3) is 5.65 Å². The van der Waals surface area contributed by atoms with E-state index in [4.69, 9.17) is 11.6 Å². The van der Waals surface area contributed by atoms with Crippen molar-refractivity contribution < 1.29 is 4.79 Å². The number of hydrogen-bond donors (Lipinski definition) is 2. The number of hydrogen-bond acceptors (Lipinski definition) is 8. The fraction of sp³-hybridized carbons (Fsp3) is 0.364. The van der Waals surface area contributed by atoms with Gasteiger partial charge in [0.25, 0.3) is 0 Å². The summed E-state index contributed by atoms with van der Waals surface area (Å²) in [6, 6.07) is 8.09. The molecule has 2 N–H and O–H groups in total. The van der Waals surface area contributed by atoms with Gasteiger partial charge in [-0.3, -0.25) is 9.80 Å². The zero-order chi connectivity index (χ0) is 30.3. The van der Waals surface area contributed by atoms with E-state index in [-0.39, 0.29) is 18.4 Å². The number of ketones is 1. The number of nitrogens with one attached hydrogen (secondary N) is 2. The molecule has 3 aromatic rings. The third-order valence-electron chi connectivity index (χ3n) is 7.81. The lowest BCUT2D eigenvalue weighted by atomic mass is 9.93. The van der Waals surface area contributed by atoms with Gasteiger partial charge in [-0.25, -0.2) is 19.2 Å². The number of Topliss-reactive ketones (excluding diaryl/α,β-unsaturated/α-hetero) is 1. The minimum absolute atomic E-state index is 0.0698. The second kappa shape index (κ2) is 14.4. The van der Waals surface area contributed by atoms with Crippen LogP contribution in [0.2, 0.25) is 5.02 Å². The van der Waals surface area contributed by atoms with Crippen molar-refractivity contribution in [1.29, 1.82) is 0 Å². The lowest BCUT2D eigenvalue weighted by Gasteiger charge is -2.28. The number of nitrogens with zero attached hydrogens (tertiary/aromatic N) is 5. The average Bonchev–Trinajstić information content (AvgIpc) is 3.56. The summed E-state index contributed by atoms with van der Waals surface area (Å²) in [4.78, 5) is 18.8. The number of carbonyl (C=O) groups is 1. The third-order valence-corrected chi connectivity index (χ3v) is 9.53. The van der Waals surface area contributed by atoms with Crippen LogP contribution < -0.4 is 10.7 Å². The van der Waals surface area contributed by atoms with Gasteiger partial charge < -0.3 is 5.32 Å². The zero-order valence-corrected chi connectivity index (χ0v) is 26.7. The second-order valence-corrected chi connectivity index (χ2v) is 12.6. The van der Waals surface area contributed by atoms with E-state index in [9.17, 15) is 4.79 Å². The number of carbonyl (C=O) groups excluding carboxylic acids is 1. The number of benzene rings is 1. The van der Waals surface area contributed by atoms with Gasteiger partial charge in [0.1, 0.15) is 5.82 Å². The molecule has 226 valence electrons. The number of rotatable bonds is 11. The van der Waals surface area contributed by atoms with Crippen LogP contribution in [0.3, 0.4) is 0 Å². The Morgan fingerprint density at radius 2 is 2.09 bits per heavy atom. The number of aryl methyl sites for hydroxylation is 1. The second-order valence-electron chi connectivity index (χ2n) is 11.1. The molecule has 10 heteroatoms. The summed E-state index contributed by atoms with van der Waals surface area (Å²) < 4.78 is 4.08. The molecule has 1 aromatic carbocycles. The van der Waals surface area contributed by atoms with Crippen LogP contribution in [0.4, 0.5) is 0 Å². The number of aromatic nitrogens is 3. The Morgan fingerprint density at radius 3 is 2.88 bits per heavy atom. The molecule has 2 aliphatic rings. The van der Waals surface area contributed by atoms with E-state index in [0.717, 1.165) is 55.3 Å². The highest BCUT2D eigenvalue weighted by atomic mass is 35.5. The topological polar surface area (TPSA) is 77.8 Å². The highest BCUT2D eigenvalue weighted by molar-refractivity contribution is 7.97. The number of halogens is 1. The van der Waals surface area contributed by atoms with Gasteiger partial charge in [0, 0.05) is 30.4 Å². The van der Waals surface area contributed by atoms with E-state index in [1.165, 1.54) is 16.0 Å². The van der Waals surface area contributed by atoms with Crippen molar-refractivity contribution in [3.05, 3.63) is 107 Å². The van der Waals surface area contributed by atoms with Crippen LogP contribution >= 0.6 is 23.5 Å². The highest BCUT2D eigenvalue weighted by Gasteiger charge is 2.32. The largest absolute Gasteiger partial charge is 0.363 e. The van der Waals surface area contributed by atoms with Gasteiger partial charge in [0.15, 0.2) is 11.4 Å². The van der Waals surface area contributed by atoms with Crippen molar-refractivity contribution >= 4 is 35.0 Å². The molecule has 0 amide bonds. The summed E-state index contributed by atoms with van der Waals surface area (Å²) in [5, 5.41) is 10.5. The predicted molar refractivity (Wildman–Crippen MR) is 175 cm³/mol. The van der Waals surface area contributed by atoms with Crippen LogP contribution in [0.1, 0.15) is 56.0 Å². The fourth-order valence-corrected chi connectivity index (χ4v) is 6.94. The Labute approximate surface area is 263 Å². The van der Waals surface area contributed by atoms with Crippen LogP contribution in [-0.4, -0.2) is 55.4 Å². The standard InChI is InChI=1S/C33H40ClN7OS/c1-5-24-10-7-12-28(34)32(24)43-39-17-8-11-25(15-19-39)29-20-31(41(38-29)26(6-2)14-13-23(3)4)36-22-30(42)27-21-37-40-18-9-16-35-33(27)40/h6-7,9-10,12-14,16,18,20-21,25,29,36,38H,2,5,8,11,15,17,19,22H2,1,3-4H3/b26-14+. The normalized spacial score (nSPS) is 19.7. The molecule has 0 radical (unpaired) electrons. The fourth-order valence-electron chi connectivity index (χ4n) is 5.48. The molecule has 0 aliphatic carbocycles. The molecule has 0 bridgehead atoms. The van der Waals surface area contributed by atoms with Crippen molar-refractivity contribution in [1.82, 2.24) is 34.7 Å². The van der Waals surface area contributed by atoms with Crippen molar-refractivity contribution in [2.75, 3.05) is 19.6 Å². The molecule has 0 saturated carbocycles.